The van der Waals surface area contributed by atoms with Gasteiger partial charge >= 0.3 is 0 Å². The third-order valence-corrected chi connectivity index (χ3v) is 5.84. The Morgan fingerprint density at radius 2 is 1.52 bits per heavy atom. The average molecular weight is 377 g/mol. The van der Waals surface area contributed by atoms with Crippen molar-refractivity contribution in [2.75, 3.05) is 5.43 Å². The van der Waals surface area contributed by atoms with E-state index in [2.05, 4.69) is 59.1 Å². The molecule has 6 rings (SSSR count). The lowest BCUT2D eigenvalue weighted by molar-refractivity contribution is 0.690. The number of rotatable bonds is 0. The molecule has 0 bridgehead atoms. The molecule has 142 valence electrons. The van der Waals surface area contributed by atoms with E-state index in [9.17, 15) is 0 Å². The Labute approximate surface area is 171 Å². The molecule has 2 aliphatic rings. The van der Waals surface area contributed by atoms with E-state index < -0.39 is 0 Å². The highest BCUT2D eigenvalue weighted by atomic mass is 15.3. The van der Waals surface area contributed by atoms with E-state index in [1.807, 2.05) is 36.4 Å². The summed E-state index contributed by atoms with van der Waals surface area (Å²) >= 11 is 0. The van der Waals surface area contributed by atoms with Crippen LogP contribution in [0.2, 0.25) is 0 Å². The molecule has 1 N–H and O–H groups in total. The van der Waals surface area contributed by atoms with E-state index in [0.717, 1.165) is 5.69 Å². The van der Waals surface area contributed by atoms with Gasteiger partial charge in [-0.2, -0.15) is 5.10 Å². The van der Waals surface area contributed by atoms with Crippen LogP contribution in [-0.2, 0) is 12.8 Å². The van der Waals surface area contributed by atoms with Gasteiger partial charge in [-0.15, -0.1) is 0 Å². The Bertz CT molecular complexity index is 1230. The van der Waals surface area contributed by atoms with Gasteiger partial charge in [0.2, 0.25) is 0 Å². The molecule has 1 heterocycles. The summed E-state index contributed by atoms with van der Waals surface area (Å²) in [6.07, 6.45) is 10.9. The van der Waals surface area contributed by atoms with Gasteiger partial charge in [0.1, 0.15) is 0 Å². The standard InChI is InChI=1S/C18H16.C9H8N2/c1-3-7-15-13(5-1)9-11-18-16-8-4-2-6-14(16)10-12-17(15)18;1-2-6-9-8(4-1)5-3-7-10-11-9/h1,3,5,7,9-12H,2,4,6,8H2;1-7,11H. The van der Waals surface area contributed by atoms with Crippen molar-refractivity contribution >= 4 is 39.5 Å². The van der Waals surface area contributed by atoms with E-state index in [1.54, 1.807) is 17.3 Å². The van der Waals surface area contributed by atoms with Gasteiger partial charge in [0.05, 0.1) is 5.69 Å². The highest BCUT2D eigenvalue weighted by Gasteiger charge is 2.13. The van der Waals surface area contributed by atoms with Gasteiger partial charge in [-0.05, 0) is 76.1 Å². The lowest BCUT2D eigenvalue weighted by Crippen LogP contribution is -2.02. The van der Waals surface area contributed by atoms with Gasteiger partial charge in [-0.1, -0.05) is 72.8 Å². The molecule has 0 fully saturated rings. The molecule has 0 spiro atoms. The van der Waals surface area contributed by atoms with Crippen molar-refractivity contribution in [3.8, 4) is 0 Å². The lowest BCUT2D eigenvalue weighted by Gasteiger charge is -2.18. The molecule has 1 aliphatic carbocycles. The molecule has 0 radical (unpaired) electrons. The van der Waals surface area contributed by atoms with Gasteiger partial charge in [0.15, 0.2) is 0 Å². The number of hydrogen-bond donors (Lipinski definition) is 1. The molecule has 1 aliphatic heterocycles. The van der Waals surface area contributed by atoms with Crippen LogP contribution in [0.4, 0.5) is 5.69 Å². The molecular weight excluding hydrogens is 352 g/mol. The van der Waals surface area contributed by atoms with Gasteiger partial charge in [0.25, 0.3) is 0 Å². The van der Waals surface area contributed by atoms with Crippen molar-refractivity contribution < 1.29 is 0 Å². The molecule has 0 atom stereocenters. The van der Waals surface area contributed by atoms with Gasteiger partial charge in [0, 0.05) is 6.21 Å². The van der Waals surface area contributed by atoms with Crippen LogP contribution in [-0.4, -0.2) is 6.21 Å². The van der Waals surface area contributed by atoms with Crippen molar-refractivity contribution in [3.05, 3.63) is 95.6 Å². The number of nitrogens with one attached hydrogen (secondary N) is 1. The Morgan fingerprint density at radius 1 is 0.690 bits per heavy atom. The maximum absolute atomic E-state index is 3.95. The summed E-state index contributed by atoms with van der Waals surface area (Å²) in [7, 11) is 0. The molecule has 0 saturated heterocycles. The van der Waals surface area contributed by atoms with Gasteiger partial charge in [-0.3, -0.25) is 5.43 Å². The minimum atomic E-state index is 1.05. The van der Waals surface area contributed by atoms with Crippen LogP contribution in [0.5, 0.6) is 0 Å². The first-order valence-corrected chi connectivity index (χ1v) is 10.4. The molecule has 0 aromatic heterocycles. The Kier molecular flexibility index (Phi) is 4.83. The van der Waals surface area contributed by atoms with E-state index in [1.165, 1.54) is 52.8 Å². The number of para-hydroxylation sites is 1. The van der Waals surface area contributed by atoms with Crippen LogP contribution in [0, 0.1) is 0 Å². The molecule has 4 aromatic carbocycles. The second-order valence-electron chi connectivity index (χ2n) is 7.63. The number of fused-ring (bicyclic) bond motifs is 6. The number of benzene rings is 4. The third-order valence-electron chi connectivity index (χ3n) is 5.84. The highest BCUT2D eigenvalue weighted by Crippen LogP contribution is 2.33. The molecule has 29 heavy (non-hydrogen) atoms. The third kappa shape index (κ3) is 3.54. The topological polar surface area (TPSA) is 24.4 Å². The van der Waals surface area contributed by atoms with Gasteiger partial charge < -0.3 is 0 Å². The number of nitrogens with zero attached hydrogens (tertiary/aromatic N) is 1. The molecule has 4 aromatic rings. The summed E-state index contributed by atoms with van der Waals surface area (Å²) in [5.74, 6) is 0. The summed E-state index contributed by atoms with van der Waals surface area (Å²) in [5, 5.41) is 9.59. The highest BCUT2D eigenvalue weighted by molar-refractivity contribution is 6.08. The molecular formula is C27H24N2. The first kappa shape index (κ1) is 17.7. The molecule has 2 heteroatoms. The van der Waals surface area contributed by atoms with Crippen molar-refractivity contribution in [3.63, 3.8) is 0 Å². The zero-order valence-corrected chi connectivity index (χ0v) is 16.4. The average Bonchev–Trinajstić information content (AvgIpc) is 3.05. The second kappa shape index (κ2) is 7.92. The molecule has 0 unspecified atom stereocenters. The monoisotopic (exact) mass is 376 g/mol. The molecule has 0 amide bonds. The Balaban J connectivity index is 0.000000142. The predicted molar refractivity (Wildman–Crippen MR) is 126 cm³/mol. The normalized spacial score (nSPS) is 14.3. The molecule has 0 saturated carbocycles. The number of hydrazone groups is 1. The predicted octanol–water partition coefficient (Wildman–Crippen LogP) is 6.98. The summed E-state index contributed by atoms with van der Waals surface area (Å²) in [5.41, 5.74) is 8.33. The SMILES string of the molecule is C1=Cc2ccccc2NN=C1.c1ccc2c(c1)ccc1c3c(ccc12)CCCC3. The quantitative estimate of drug-likeness (QED) is 0.329. The number of hydrogen-bond acceptors (Lipinski definition) is 2. The summed E-state index contributed by atoms with van der Waals surface area (Å²) in [6, 6.07) is 26.0. The second-order valence-corrected chi connectivity index (χ2v) is 7.63. The number of allylic oxidation sites excluding steroid dienone is 1. The summed E-state index contributed by atoms with van der Waals surface area (Å²) in [4.78, 5) is 0. The maximum Gasteiger partial charge on any atom is 0.0634 e. The summed E-state index contributed by atoms with van der Waals surface area (Å²) in [6.45, 7) is 0. The minimum absolute atomic E-state index is 1.05. The summed E-state index contributed by atoms with van der Waals surface area (Å²) < 4.78 is 0. The number of aryl methyl sites for hydroxylation is 2. The zero-order chi connectivity index (χ0) is 19.5. The van der Waals surface area contributed by atoms with Crippen LogP contribution in [0.1, 0.15) is 29.5 Å². The van der Waals surface area contributed by atoms with Crippen molar-refractivity contribution in [2.24, 2.45) is 5.10 Å². The van der Waals surface area contributed by atoms with Gasteiger partial charge in [-0.25, -0.2) is 0 Å². The Morgan fingerprint density at radius 3 is 2.52 bits per heavy atom. The molecule has 2 nitrogen and oxygen atoms in total. The van der Waals surface area contributed by atoms with Crippen LogP contribution in [0.3, 0.4) is 0 Å². The minimum Gasteiger partial charge on any atom is -0.278 e. The smallest absolute Gasteiger partial charge is 0.0634 e. The first-order chi connectivity index (χ1) is 14.4. The zero-order valence-electron chi connectivity index (χ0n) is 16.4. The van der Waals surface area contributed by atoms with Crippen LogP contribution >= 0.6 is 0 Å². The van der Waals surface area contributed by atoms with E-state index in [0.29, 0.717) is 0 Å². The fraction of sp³-hybridized carbons (Fsp3) is 0.148. The van der Waals surface area contributed by atoms with Crippen molar-refractivity contribution in [1.82, 2.24) is 0 Å². The fourth-order valence-corrected chi connectivity index (χ4v) is 4.38. The van der Waals surface area contributed by atoms with E-state index >= 15 is 0 Å². The Hall–Kier alpha value is -3.39. The van der Waals surface area contributed by atoms with E-state index in [4.69, 9.17) is 0 Å². The fourth-order valence-electron chi connectivity index (χ4n) is 4.38. The van der Waals surface area contributed by atoms with E-state index in [-0.39, 0.29) is 0 Å². The number of anilines is 1. The van der Waals surface area contributed by atoms with Crippen molar-refractivity contribution in [1.29, 1.82) is 0 Å². The maximum atomic E-state index is 3.95. The lowest BCUT2D eigenvalue weighted by atomic mass is 9.86. The van der Waals surface area contributed by atoms with Crippen LogP contribution < -0.4 is 5.43 Å². The largest absolute Gasteiger partial charge is 0.278 e. The van der Waals surface area contributed by atoms with Crippen LogP contribution in [0.15, 0.2) is 84.0 Å². The first-order valence-electron chi connectivity index (χ1n) is 10.4. The van der Waals surface area contributed by atoms with Crippen molar-refractivity contribution in [2.45, 2.75) is 25.7 Å². The van der Waals surface area contributed by atoms with Crippen LogP contribution in [0.25, 0.3) is 27.6 Å².